The summed E-state index contributed by atoms with van der Waals surface area (Å²) in [5, 5.41) is 20.1. The fraction of sp³-hybridized carbons (Fsp3) is 0. The van der Waals surface area contributed by atoms with Crippen molar-refractivity contribution < 1.29 is 0 Å². The summed E-state index contributed by atoms with van der Waals surface area (Å²) in [5.74, 6) is 0. The third kappa shape index (κ3) is 8.13. The topological polar surface area (TPSA) is 17.6 Å². The molecule has 0 aliphatic rings. The van der Waals surface area contributed by atoms with Gasteiger partial charge in [0, 0.05) is 86.2 Å². The Morgan fingerprint density at radius 3 is 0.804 bits per heavy atom. The second kappa shape index (κ2) is 22.4. The molecule has 0 radical (unpaired) electrons. The van der Waals surface area contributed by atoms with Gasteiger partial charge in [0.15, 0.2) is 0 Å². The average molecular weight is 1420 g/mol. The van der Waals surface area contributed by atoms with Gasteiger partial charge < -0.3 is 17.6 Å². The van der Waals surface area contributed by atoms with Crippen LogP contribution in [-0.4, -0.2) is 17.6 Å². The minimum Gasteiger partial charge on any atom is -0.308 e. The van der Waals surface area contributed by atoms with E-state index in [0.717, 1.165) is 5.56 Å². The fourth-order valence-electron chi connectivity index (χ4n) is 20.5. The van der Waals surface area contributed by atoms with Gasteiger partial charge in [-0.15, -0.1) is 0 Å². The first-order valence-corrected chi connectivity index (χ1v) is 39.0. The van der Waals surface area contributed by atoms with Crippen LogP contribution in [0, 0.1) is 0 Å². The Bertz CT molecular complexity index is 8450. The molecule has 0 unspecified atom stereocenters. The van der Waals surface area contributed by atoms with E-state index in [0.29, 0.717) is 0 Å². The standard InChI is InChI=1S/C108H62N4/c1-5-21-63(22-6-1)67-39-41-68(42-40-67)75-47-51-80-89-59-99-90(60-97(89)109-93-36-16-13-33-84(93)101(75)105(80)109)83-54-50-79(104-86-35-15-18-38-95(86)111(99)108(83)104)78-45-43-71(66-27-11-4-12-28-66)57-88(78)74-44-46-87-96(58-74)112-100-62-91-81-52-48-76(72-31-19-29-69(55-72)64-23-7-2-8-24-64)102-85-34-14-17-37-94(85)110(106(81)102)98(91)61-92(100)82-53-49-77(103(87)107(82)112)73-32-20-30-70(56-73)65-25-9-3-10-26-65/h1-62H. The van der Waals surface area contributed by atoms with Gasteiger partial charge >= 0.3 is 0 Å². The van der Waals surface area contributed by atoms with E-state index in [2.05, 4.69) is 394 Å². The first-order chi connectivity index (χ1) is 55.6. The molecule has 0 bridgehead atoms. The molecule has 8 aromatic heterocycles. The summed E-state index contributed by atoms with van der Waals surface area (Å²) in [6.45, 7) is 0. The Labute approximate surface area is 642 Å². The minimum absolute atomic E-state index is 1.16. The van der Waals surface area contributed by atoms with Crippen molar-refractivity contribution in [2.24, 2.45) is 0 Å². The second-order valence-corrected chi connectivity index (χ2v) is 30.9. The molecule has 0 N–H and O–H groups in total. The molecule has 0 atom stereocenters. The highest BCUT2D eigenvalue weighted by atomic mass is 15.0. The highest BCUT2D eigenvalue weighted by molar-refractivity contribution is 6.35. The summed E-state index contributed by atoms with van der Waals surface area (Å²) >= 11 is 0. The van der Waals surface area contributed by atoms with Crippen LogP contribution in [0.5, 0.6) is 0 Å². The molecule has 4 heteroatoms. The highest BCUT2D eigenvalue weighted by Crippen LogP contribution is 2.54. The summed E-state index contributed by atoms with van der Waals surface area (Å²) in [6.07, 6.45) is 0. The van der Waals surface area contributed by atoms with E-state index in [1.165, 1.54) is 247 Å². The lowest BCUT2D eigenvalue weighted by Crippen LogP contribution is -1.90. The van der Waals surface area contributed by atoms with Gasteiger partial charge in [-0.25, -0.2) is 0 Å². The van der Waals surface area contributed by atoms with Crippen molar-refractivity contribution in [1.29, 1.82) is 0 Å². The van der Waals surface area contributed by atoms with E-state index in [9.17, 15) is 0 Å². The van der Waals surface area contributed by atoms with Crippen LogP contribution in [0.3, 0.4) is 0 Å². The van der Waals surface area contributed by atoms with Crippen molar-refractivity contribution >= 4 is 152 Å². The number of hydrogen-bond donors (Lipinski definition) is 0. The van der Waals surface area contributed by atoms with E-state index in [4.69, 9.17) is 0 Å². The number of hydrogen-bond acceptors (Lipinski definition) is 0. The van der Waals surface area contributed by atoms with E-state index in [-0.39, 0.29) is 0 Å². The molecule has 18 aromatic carbocycles. The van der Waals surface area contributed by atoms with Gasteiger partial charge in [-0.3, -0.25) is 0 Å². The predicted octanol–water partition coefficient (Wildman–Crippen LogP) is 29.3. The van der Waals surface area contributed by atoms with E-state index < -0.39 is 0 Å². The molecule has 514 valence electrons. The molecule has 0 saturated carbocycles. The zero-order valence-corrected chi connectivity index (χ0v) is 60.6. The van der Waals surface area contributed by atoms with Crippen molar-refractivity contribution in [1.82, 2.24) is 17.6 Å². The number of fused-ring (bicyclic) bond motifs is 24. The van der Waals surface area contributed by atoms with Crippen LogP contribution in [-0.2, 0) is 0 Å². The van der Waals surface area contributed by atoms with Gasteiger partial charge in [-0.1, -0.05) is 309 Å². The van der Waals surface area contributed by atoms with Crippen molar-refractivity contribution in [2.75, 3.05) is 0 Å². The van der Waals surface area contributed by atoms with Crippen molar-refractivity contribution in [3.8, 4) is 100 Å². The Hall–Kier alpha value is -14.8. The Balaban J connectivity index is 0.703. The van der Waals surface area contributed by atoms with Crippen LogP contribution in [0.15, 0.2) is 376 Å². The van der Waals surface area contributed by atoms with E-state index >= 15 is 0 Å². The zero-order chi connectivity index (χ0) is 72.7. The molecule has 4 nitrogen and oxygen atoms in total. The lowest BCUT2D eigenvalue weighted by molar-refractivity contribution is 1.36. The van der Waals surface area contributed by atoms with Crippen LogP contribution in [0.4, 0.5) is 0 Å². The number of aromatic nitrogens is 4. The smallest absolute Gasteiger partial charge is 0.0626 e. The zero-order valence-electron chi connectivity index (χ0n) is 60.6. The summed E-state index contributed by atoms with van der Waals surface area (Å²) < 4.78 is 10.4. The first kappa shape index (κ1) is 60.2. The summed E-state index contributed by atoms with van der Waals surface area (Å²) in [6, 6.07) is 142. The maximum atomic E-state index is 2.64. The van der Waals surface area contributed by atoms with Crippen LogP contribution in [0.1, 0.15) is 0 Å². The van der Waals surface area contributed by atoms with Crippen LogP contribution in [0.2, 0.25) is 0 Å². The number of rotatable bonds is 9. The molecule has 112 heavy (non-hydrogen) atoms. The SMILES string of the molecule is c1ccc(-c2ccc(-c3ccc4c5cc6c(cc5n5c7ccccc7c3c45)c3ccc(-c4ccc(-c5ccccc5)cc4-c4ccc5c7c(-c8cccc(-c9ccccc9)c8)ccc8c9cc%10c(cc9n(c5c4)c87)c4ccc(-c5cccc(-c7ccccc7)c5)c5c7ccccc7n%10c45)c4c5ccccc5n6c34)cc2)cc1. The van der Waals surface area contributed by atoms with Gasteiger partial charge in [-0.05, 0) is 167 Å². The van der Waals surface area contributed by atoms with E-state index in [1.54, 1.807) is 0 Å². The van der Waals surface area contributed by atoms with Crippen LogP contribution in [0.25, 0.3) is 253 Å². The average Bonchev–Trinajstić information content (AvgIpc) is 1.52. The van der Waals surface area contributed by atoms with Gasteiger partial charge in [-0.2, -0.15) is 0 Å². The van der Waals surface area contributed by atoms with E-state index in [1.807, 2.05) is 0 Å². The fourth-order valence-corrected chi connectivity index (χ4v) is 20.5. The molecule has 26 rings (SSSR count). The number of benzene rings is 18. The monoisotopic (exact) mass is 1410 g/mol. The van der Waals surface area contributed by atoms with Crippen molar-refractivity contribution in [2.45, 2.75) is 0 Å². The second-order valence-electron chi connectivity index (χ2n) is 30.9. The lowest BCUT2D eigenvalue weighted by atomic mass is 9.88. The Kier molecular flexibility index (Phi) is 12.0. The third-order valence-corrected chi connectivity index (χ3v) is 25.3. The molecule has 26 aromatic rings. The molecule has 0 aliphatic carbocycles. The van der Waals surface area contributed by atoms with Gasteiger partial charge in [0.1, 0.15) is 0 Å². The normalized spacial score (nSPS) is 12.5. The molecule has 0 spiro atoms. The van der Waals surface area contributed by atoms with Crippen molar-refractivity contribution in [3.63, 3.8) is 0 Å². The molecule has 0 aliphatic heterocycles. The van der Waals surface area contributed by atoms with Crippen LogP contribution < -0.4 is 0 Å². The Morgan fingerprint density at radius 1 is 0.116 bits per heavy atom. The third-order valence-electron chi connectivity index (χ3n) is 25.3. The highest BCUT2D eigenvalue weighted by Gasteiger charge is 2.30. The first-order valence-electron chi connectivity index (χ1n) is 39.0. The maximum absolute atomic E-state index is 2.64. The maximum Gasteiger partial charge on any atom is 0.0626 e. The Morgan fingerprint density at radius 2 is 0.375 bits per heavy atom. The van der Waals surface area contributed by atoms with Gasteiger partial charge in [0.2, 0.25) is 0 Å². The predicted molar refractivity (Wildman–Crippen MR) is 474 cm³/mol. The van der Waals surface area contributed by atoms with Crippen LogP contribution >= 0.6 is 0 Å². The largest absolute Gasteiger partial charge is 0.308 e. The summed E-state index contributed by atoms with van der Waals surface area (Å²) in [7, 11) is 0. The summed E-state index contributed by atoms with van der Waals surface area (Å²) in [4.78, 5) is 0. The quantitative estimate of drug-likeness (QED) is 0.137. The molecule has 0 fully saturated rings. The number of para-hydroxylation sites is 3. The van der Waals surface area contributed by atoms with Gasteiger partial charge in [0.05, 0.1) is 66.2 Å². The lowest BCUT2D eigenvalue weighted by Gasteiger charge is -2.15. The molecule has 0 saturated heterocycles. The molecular weight excluding hydrogens is 1350 g/mol. The molecular formula is C108H62N4. The molecule has 8 heterocycles. The molecule has 0 amide bonds. The number of nitrogens with zero attached hydrogens (tertiary/aromatic N) is 4. The summed E-state index contributed by atoms with van der Waals surface area (Å²) in [5.41, 5.74) is 36.4. The van der Waals surface area contributed by atoms with Crippen molar-refractivity contribution in [3.05, 3.63) is 376 Å². The minimum atomic E-state index is 1.16. The van der Waals surface area contributed by atoms with Gasteiger partial charge in [0.25, 0.3) is 0 Å².